The fourth-order valence-corrected chi connectivity index (χ4v) is 2.24. The number of nitrogens with zero attached hydrogens (tertiary/aromatic N) is 2. The van der Waals surface area contributed by atoms with Crippen LogP contribution in [0.5, 0.6) is 0 Å². The number of hydrogen-bond donors (Lipinski definition) is 0. The Balaban J connectivity index is -0.000000514. The Bertz CT molecular complexity index is 471. The van der Waals surface area contributed by atoms with E-state index in [9.17, 15) is 0 Å². The van der Waals surface area contributed by atoms with Crippen molar-refractivity contribution in [2.24, 2.45) is 0 Å². The van der Waals surface area contributed by atoms with Gasteiger partial charge in [-0.25, -0.2) is 0 Å². The van der Waals surface area contributed by atoms with Gasteiger partial charge in [-0.3, -0.25) is 11.8 Å². The predicted molar refractivity (Wildman–Crippen MR) is 104 cm³/mol. The zero-order chi connectivity index (χ0) is 17.4. The molecule has 0 radical (unpaired) electrons. The molecule has 0 fully saturated rings. The van der Waals surface area contributed by atoms with E-state index in [1.165, 1.54) is 0 Å². The van der Waals surface area contributed by atoms with Crippen LogP contribution >= 0.6 is 7.92 Å². The van der Waals surface area contributed by atoms with Gasteiger partial charge in [0, 0.05) is 25.6 Å². The summed E-state index contributed by atoms with van der Waals surface area (Å²) in [5.41, 5.74) is 2.93. The van der Waals surface area contributed by atoms with Crippen LogP contribution in [0.2, 0.25) is 0 Å². The Kier molecular flexibility index (Phi) is 22.0. The van der Waals surface area contributed by atoms with Crippen molar-refractivity contribution in [2.45, 2.75) is 27.7 Å². The molecule has 129 valence electrons. The molecule has 1 aliphatic heterocycles. The molecule has 0 atom stereocenters. The Hall–Kier alpha value is -1.11. The van der Waals surface area contributed by atoms with Gasteiger partial charge < -0.3 is 10.1 Å². The molecule has 3 nitrogen and oxygen atoms in total. The van der Waals surface area contributed by atoms with E-state index in [0.29, 0.717) is 0 Å². The molecule has 2 rings (SSSR count). The molecule has 0 aliphatic carbocycles. The molecule has 2 heterocycles. The van der Waals surface area contributed by atoms with Crippen molar-refractivity contribution in [2.75, 3.05) is 13.3 Å². The zero-order valence-corrected chi connectivity index (χ0v) is 17.7. The summed E-state index contributed by atoms with van der Waals surface area (Å²) in [4.78, 5) is 12.1. The normalized spacial score (nSPS) is 12.8. The molecule has 0 unspecified atom stereocenters. The molecule has 0 saturated carbocycles. The van der Waals surface area contributed by atoms with E-state index in [1.807, 2.05) is 64.1 Å². The van der Waals surface area contributed by atoms with Gasteiger partial charge in [0.05, 0.1) is 13.3 Å². The minimum absolute atomic E-state index is 0. The van der Waals surface area contributed by atoms with Gasteiger partial charge in [0.2, 0.25) is 0 Å². The van der Waals surface area contributed by atoms with E-state index >= 15 is 0 Å². The summed E-state index contributed by atoms with van der Waals surface area (Å²) < 4.78 is 0. The second-order valence-corrected chi connectivity index (χ2v) is 6.33. The maximum atomic E-state index is 7.75. The number of allylic oxidation sites excluding steroid dienone is 3. The van der Waals surface area contributed by atoms with E-state index < -0.39 is 7.92 Å². The second-order valence-electron chi connectivity index (χ2n) is 3.88. The molecule has 23 heavy (non-hydrogen) atoms. The van der Waals surface area contributed by atoms with Gasteiger partial charge >= 0.3 is 19.5 Å². The van der Waals surface area contributed by atoms with E-state index in [2.05, 4.69) is 36.2 Å². The third-order valence-electron chi connectivity index (χ3n) is 2.13. The standard InChI is InChI=1S/C13H14N2P.2C2H6.CHO.Ru.H/c1-16(2)10-11-6-5-8-13(15-11)12-7-3-4-9-14-12;3*1-2;;/h3-10H,1-2H3;2*1-2H3;1H;;/q-1;;;-1;+2;/p+1. The summed E-state index contributed by atoms with van der Waals surface area (Å²) in [6, 6.07) is 5.88. The number of pyridine rings is 1. The van der Waals surface area contributed by atoms with Crippen molar-refractivity contribution in [3.05, 3.63) is 65.1 Å². The van der Waals surface area contributed by atoms with Crippen molar-refractivity contribution >= 4 is 20.4 Å². The first-order valence-corrected chi connectivity index (χ1v) is 10.1. The molecule has 0 amide bonds. The maximum absolute atomic E-state index is 7.75. The van der Waals surface area contributed by atoms with Gasteiger partial charge in [-0.2, -0.15) is 0 Å². The van der Waals surface area contributed by atoms with Gasteiger partial charge in [-0.15, -0.1) is 11.4 Å². The second kappa shape index (κ2) is 18.9. The Morgan fingerprint density at radius 2 is 1.74 bits per heavy atom. The predicted octanol–water partition coefficient (Wildman–Crippen LogP) is 5.19. The van der Waals surface area contributed by atoms with Crippen molar-refractivity contribution in [1.82, 2.24) is 4.98 Å². The fraction of sp³-hybridized carbons (Fsp3) is 0.333. The molecule has 0 N–H and O–H groups in total. The van der Waals surface area contributed by atoms with Crippen LogP contribution in [0, 0.1) is 0 Å². The molecule has 1 aliphatic rings. The molecular weight excluding hydrogens is 392 g/mol. The quantitative estimate of drug-likeness (QED) is 0.286. The van der Waals surface area contributed by atoms with Crippen LogP contribution in [0.15, 0.2) is 54.1 Å². The molecular formula is C18H29N2OPRu+. The Morgan fingerprint density at radius 1 is 1.13 bits per heavy atom. The monoisotopic (exact) mass is 422 g/mol. The molecule has 0 bridgehead atoms. The first-order chi connectivity index (χ1) is 10.8. The molecule has 0 spiro atoms. The van der Waals surface area contributed by atoms with E-state index in [4.69, 9.17) is 4.79 Å². The summed E-state index contributed by atoms with van der Waals surface area (Å²) >= 11 is 0. The SMILES string of the molecule is CC.CC.C[PH+](C)C=C1C=CC=C(c2ccccn2)[N-]1.[CH-]=O.[RuH+2]. The number of hydrogen-bond acceptors (Lipinski definition) is 2. The van der Waals surface area contributed by atoms with Crippen LogP contribution in [0.25, 0.3) is 11.0 Å². The Labute approximate surface area is 155 Å². The third-order valence-corrected chi connectivity index (χ3v) is 3.01. The van der Waals surface area contributed by atoms with Crippen LogP contribution in [-0.2, 0) is 24.3 Å². The van der Waals surface area contributed by atoms with Crippen LogP contribution < -0.4 is 0 Å². The number of aromatic nitrogens is 1. The molecule has 0 aromatic carbocycles. The van der Waals surface area contributed by atoms with Gasteiger partial charge in [0.1, 0.15) is 0 Å². The first-order valence-electron chi connectivity index (χ1n) is 7.52. The number of carbonyl (C=O) groups excluding carboxylic acids is 1. The topological polar surface area (TPSA) is 44.1 Å². The van der Waals surface area contributed by atoms with Crippen molar-refractivity contribution in [3.63, 3.8) is 0 Å². The van der Waals surface area contributed by atoms with Crippen molar-refractivity contribution in [1.29, 1.82) is 0 Å². The molecule has 1 aromatic heterocycles. The molecule has 5 heteroatoms. The van der Waals surface area contributed by atoms with Crippen LogP contribution in [0.1, 0.15) is 33.4 Å². The zero-order valence-electron chi connectivity index (χ0n) is 14.9. The first kappa shape index (κ1) is 26.8. The summed E-state index contributed by atoms with van der Waals surface area (Å²) in [6.45, 7) is 15.7. The van der Waals surface area contributed by atoms with E-state index in [1.54, 1.807) is 6.20 Å². The van der Waals surface area contributed by atoms with Crippen LogP contribution in [0.3, 0.4) is 0 Å². The minimum atomic E-state index is -0.393. The Morgan fingerprint density at radius 3 is 2.22 bits per heavy atom. The summed E-state index contributed by atoms with van der Waals surface area (Å²) in [5, 5.41) is 4.59. The third kappa shape index (κ3) is 12.0. The fourth-order valence-electron chi connectivity index (χ4n) is 1.48. The summed E-state index contributed by atoms with van der Waals surface area (Å²) in [7, 11) is -0.393. The van der Waals surface area contributed by atoms with E-state index in [0.717, 1.165) is 17.1 Å². The van der Waals surface area contributed by atoms with Crippen molar-refractivity contribution < 1.29 is 24.3 Å². The summed E-state index contributed by atoms with van der Waals surface area (Å²) in [6.07, 6.45) is 7.87. The van der Waals surface area contributed by atoms with Crippen molar-refractivity contribution in [3.8, 4) is 0 Å². The van der Waals surface area contributed by atoms with Gasteiger partial charge in [-0.05, 0) is 12.1 Å². The van der Waals surface area contributed by atoms with Crippen LogP contribution in [-0.4, -0.2) is 25.1 Å². The average Bonchev–Trinajstić information content (AvgIpc) is 2.61. The molecule has 0 saturated heterocycles. The van der Waals surface area contributed by atoms with Gasteiger partial charge in [0.15, 0.2) is 0 Å². The molecule has 1 aromatic rings. The summed E-state index contributed by atoms with van der Waals surface area (Å²) in [5.74, 6) is 2.25. The van der Waals surface area contributed by atoms with Gasteiger partial charge in [0.25, 0.3) is 0 Å². The number of rotatable bonds is 2. The van der Waals surface area contributed by atoms with Gasteiger partial charge in [-0.1, -0.05) is 52.0 Å². The average molecular weight is 421 g/mol. The van der Waals surface area contributed by atoms with Crippen LogP contribution in [0.4, 0.5) is 0 Å². The van der Waals surface area contributed by atoms with E-state index in [-0.39, 0.29) is 19.5 Å².